The van der Waals surface area contributed by atoms with Crippen LogP contribution in [-0.4, -0.2) is 53.6 Å². The number of nitriles is 1. The SMILES string of the molecule is N#Cc1ccc(CC2(O)CC3COCC(C2)N3C(=O)OCC2c3ccccc3-c3ccccc32)cc1. The number of nitrogens with zero attached hydrogens (tertiary/aromatic N) is 2. The number of carbonyl (C=O) groups is 1. The van der Waals surface area contributed by atoms with Crippen LogP contribution in [-0.2, 0) is 15.9 Å². The summed E-state index contributed by atoms with van der Waals surface area (Å²) >= 11 is 0. The molecule has 6 rings (SSSR count). The number of benzene rings is 3. The Morgan fingerprint density at radius 3 is 2.14 bits per heavy atom. The van der Waals surface area contributed by atoms with Crippen molar-refractivity contribution in [3.63, 3.8) is 0 Å². The normalized spacial score (nSPS) is 24.5. The number of hydrogen-bond donors (Lipinski definition) is 1. The highest BCUT2D eigenvalue weighted by Crippen LogP contribution is 2.45. The number of morpholine rings is 1. The van der Waals surface area contributed by atoms with Crippen molar-refractivity contribution in [3.8, 4) is 17.2 Å². The Labute approximate surface area is 210 Å². The van der Waals surface area contributed by atoms with Gasteiger partial charge in [-0.1, -0.05) is 60.7 Å². The van der Waals surface area contributed by atoms with Crippen LogP contribution < -0.4 is 0 Å². The first-order valence-corrected chi connectivity index (χ1v) is 12.5. The Balaban J connectivity index is 1.16. The largest absolute Gasteiger partial charge is 0.448 e. The molecule has 0 aromatic heterocycles. The minimum Gasteiger partial charge on any atom is -0.448 e. The van der Waals surface area contributed by atoms with Gasteiger partial charge in [-0.2, -0.15) is 5.26 Å². The molecule has 2 aliphatic heterocycles. The lowest BCUT2D eigenvalue weighted by Gasteiger charge is -2.51. The van der Waals surface area contributed by atoms with E-state index in [1.165, 1.54) is 22.3 Å². The van der Waals surface area contributed by atoms with Crippen molar-refractivity contribution < 1.29 is 19.4 Å². The smallest absolute Gasteiger partial charge is 0.410 e. The highest BCUT2D eigenvalue weighted by atomic mass is 16.6. The summed E-state index contributed by atoms with van der Waals surface area (Å²) in [7, 11) is 0. The molecule has 3 aliphatic rings. The van der Waals surface area contributed by atoms with E-state index in [1.807, 2.05) is 36.4 Å². The molecule has 3 aromatic carbocycles. The van der Waals surface area contributed by atoms with Gasteiger partial charge in [0.15, 0.2) is 0 Å². The van der Waals surface area contributed by atoms with Gasteiger partial charge in [0.05, 0.1) is 42.5 Å². The van der Waals surface area contributed by atoms with E-state index >= 15 is 0 Å². The molecule has 2 atom stereocenters. The van der Waals surface area contributed by atoms with E-state index in [4.69, 9.17) is 14.7 Å². The van der Waals surface area contributed by atoms with Crippen molar-refractivity contribution in [2.24, 2.45) is 0 Å². The predicted molar refractivity (Wildman–Crippen MR) is 134 cm³/mol. The zero-order chi connectivity index (χ0) is 24.7. The lowest BCUT2D eigenvalue weighted by atomic mass is 9.77. The molecule has 2 heterocycles. The molecule has 36 heavy (non-hydrogen) atoms. The molecule has 0 spiro atoms. The maximum absolute atomic E-state index is 13.4. The number of amides is 1. The molecule has 3 aromatic rings. The van der Waals surface area contributed by atoms with Crippen LogP contribution in [0.4, 0.5) is 4.79 Å². The van der Waals surface area contributed by atoms with Gasteiger partial charge in [-0.15, -0.1) is 0 Å². The minimum atomic E-state index is -0.937. The van der Waals surface area contributed by atoms with Gasteiger partial charge in [-0.3, -0.25) is 4.90 Å². The maximum Gasteiger partial charge on any atom is 0.410 e. The van der Waals surface area contributed by atoms with E-state index < -0.39 is 5.60 Å². The number of hydrogen-bond acceptors (Lipinski definition) is 5. The molecule has 2 bridgehead atoms. The van der Waals surface area contributed by atoms with Crippen molar-refractivity contribution in [1.82, 2.24) is 4.90 Å². The second kappa shape index (κ2) is 9.09. The van der Waals surface area contributed by atoms with Crippen molar-refractivity contribution in [2.45, 2.75) is 42.9 Å². The van der Waals surface area contributed by atoms with Crippen molar-refractivity contribution in [1.29, 1.82) is 5.26 Å². The summed E-state index contributed by atoms with van der Waals surface area (Å²) in [6.07, 6.45) is 0.988. The van der Waals surface area contributed by atoms with Crippen LogP contribution in [0.3, 0.4) is 0 Å². The summed E-state index contributed by atoms with van der Waals surface area (Å²) in [5, 5.41) is 20.5. The summed E-state index contributed by atoms with van der Waals surface area (Å²) in [6.45, 7) is 1.05. The monoisotopic (exact) mass is 480 g/mol. The molecule has 0 saturated carbocycles. The Morgan fingerprint density at radius 1 is 0.972 bits per heavy atom. The molecule has 2 unspecified atom stereocenters. The van der Waals surface area contributed by atoms with Crippen LogP contribution in [0.1, 0.15) is 41.0 Å². The standard InChI is InChI=1S/C30H28N2O4/c31-16-21-11-9-20(10-12-21)13-30(34)14-22-17-35-18-23(15-30)32(22)29(33)36-19-28-26-7-3-1-5-24(26)25-6-2-4-8-27(25)28/h1-12,22-23,28,34H,13-15,17-19H2. The summed E-state index contributed by atoms with van der Waals surface area (Å²) in [5.41, 5.74) is 5.41. The van der Waals surface area contributed by atoms with Crippen LogP contribution in [0.5, 0.6) is 0 Å². The fraction of sp³-hybridized carbons (Fsp3) is 0.333. The summed E-state index contributed by atoms with van der Waals surface area (Å²) in [5.74, 6) is 0.00976. The molecular weight excluding hydrogens is 452 g/mol. The first-order chi connectivity index (χ1) is 17.5. The van der Waals surface area contributed by atoms with E-state index in [2.05, 4.69) is 30.3 Å². The Hall–Kier alpha value is -3.66. The highest BCUT2D eigenvalue weighted by Gasteiger charge is 2.48. The van der Waals surface area contributed by atoms with Gasteiger partial charge in [0, 0.05) is 12.3 Å². The van der Waals surface area contributed by atoms with E-state index in [-0.39, 0.29) is 30.7 Å². The predicted octanol–water partition coefficient (Wildman–Crippen LogP) is 4.64. The highest BCUT2D eigenvalue weighted by molar-refractivity contribution is 5.79. The topological polar surface area (TPSA) is 82.8 Å². The second-order valence-electron chi connectivity index (χ2n) is 10.2. The van der Waals surface area contributed by atoms with Gasteiger partial charge in [-0.25, -0.2) is 4.79 Å². The second-order valence-corrected chi connectivity index (χ2v) is 10.2. The Morgan fingerprint density at radius 2 is 1.56 bits per heavy atom. The number of rotatable bonds is 4. The first-order valence-electron chi connectivity index (χ1n) is 12.5. The van der Waals surface area contributed by atoms with Gasteiger partial charge in [0.2, 0.25) is 0 Å². The third-order valence-corrected chi connectivity index (χ3v) is 7.80. The van der Waals surface area contributed by atoms with Crippen LogP contribution in [0.2, 0.25) is 0 Å². The zero-order valence-electron chi connectivity index (χ0n) is 20.0. The van der Waals surface area contributed by atoms with Crippen LogP contribution >= 0.6 is 0 Å². The lowest BCUT2D eigenvalue weighted by molar-refractivity contribution is -0.132. The molecule has 6 heteroatoms. The number of aliphatic hydroxyl groups is 1. The van der Waals surface area contributed by atoms with Crippen LogP contribution in [0.25, 0.3) is 11.1 Å². The average Bonchev–Trinajstić information content (AvgIpc) is 3.21. The number of carbonyl (C=O) groups excluding carboxylic acids is 1. The first kappa shape index (κ1) is 22.8. The molecule has 0 radical (unpaired) electrons. The number of fused-ring (bicyclic) bond motifs is 5. The van der Waals surface area contributed by atoms with Crippen LogP contribution in [0.15, 0.2) is 72.8 Å². The molecule has 1 N–H and O–H groups in total. The van der Waals surface area contributed by atoms with Crippen molar-refractivity contribution in [2.75, 3.05) is 19.8 Å². The van der Waals surface area contributed by atoms with Crippen molar-refractivity contribution in [3.05, 3.63) is 95.1 Å². The van der Waals surface area contributed by atoms with Crippen LogP contribution in [0, 0.1) is 11.3 Å². The quantitative estimate of drug-likeness (QED) is 0.588. The minimum absolute atomic E-state index is 0.00976. The average molecular weight is 481 g/mol. The fourth-order valence-corrected chi connectivity index (χ4v) is 6.26. The summed E-state index contributed by atoms with van der Waals surface area (Å²) < 4.78 is 11.7. The Kier molecular flexibility index (Phi) is 5.75. The van der Waals surface area contributed by atoms with E-state index in [0.717, 1.165) is 5.56 Å². The third-order valence-electron chi connectivity index (χ3n) is 7.80. The molecule has 2 saturated heterocycles. The van der Waals surface area contributed by atoms with Gasteiger partial charge in [0.1, 0.15) is 6.61 Å². The van der Waals surface area contributed by atoms with Gasteiger partial charge in [0.25, 0.3) is 0 Å². The van der Waals surface area contributed by atoms with Gasteiger partial charge < -0.3 is 14.6 Å². The molecule has 182 valence electrons. The molecular formula is C30H28N2O4. The summed E-state index contributed by atoms with van der Waals surface area (Å²) in [6, 6.07) is 25.6. The maximum atomic E-state index is 13.4. The zero-order valence-corrected chi connectivity index (χ0v) is 20.0. The number of piperidine rings is 1. The van der Waals surface area contributed by atoms with E-state index in [0.29, 0.717) is 38.0 Å². The molecule has 1 aliphatic carbocycles. The van der Waals surface area contributed by atoms with Gasteiger partial charge in [-0.05, 0) is 52.8 Å². The van der Waals surface area contributed by atoms with Gasteiger partial charge >= 0.3 is 6.09 Å². The third kappa shape index (κ3) is 4.05. The summed E-state index contributed by atoms with van der Waals surface area (Å²) in [4.78, 5) is 15.2. The van der Waals surface area contributed by atoms with E-state index in [1.54, 1.807) is 17.0 Å². The lowest BCUT2D eigenvalue weighted by Crippen LogP contribution is -2.64. The number of ether oxygens (including phenoxy) is 2. The Bertz CT molecular complexity index is 1270. The molecule has 6 nitrogen and oxygen atoms in total. The molecule has 1 amide bonds. The fourth-order valence-electron chi connectivity index (χ4n) is 6.26. The van der Waals surface area contributed by atoms with Crippen molar-refractivity contribution >= 4 is 6.09 Å². The molecule has 2 fully saturated rings. The van der Waals surface area contributed by atoms with E-state index in [9.17, 15) is 9.90 Å².